The van der Waals surface area contributed by atoms with Gasteiger partial charge in [0.15, 0.2) is 0 Å². The van der Waals surface area contributed by atoms with E-state index >= 15 is 0 Å². The Morgan fingerprint density at radius 3 is 2.47 bits per heavy atom. The number of hydrazine groups is 1. The lowest BCUT2D eigenvalue weighted by molar-refractivity contribution is 0.0844. The maximum Gasteiger partial charge on any atom is 0.273 e. The summed E-state index contributed by atoms with van der Waals surface area (Å²) in [5, 5.41) is 13.1. The van der Waals surface area contributed by atoms with Crippen molar-refractivity contribution >= 4 is 23.5 Å². The van der Waals surface area contributed by atoms with Crippen LogP contribution in [0.2, 0.25) is 0 Å². The van der Waals surface area contributed by atoms with Crippen LogP contribution in [-0.4, -0.2) is 31.9 Å². The van der Waals surface area contributed by atoms with E-state index in [4.69, 9.17) is 0 Å². The van der Waals surface area contributed by atoms with Gasteiger partial charge in [-0.25, -0.2) is 9.97 Å². The van der Waals surface area contributed by atoms with Crippen LogP contribution in [0.25, 0.3) is 11.3 Å². The maximum absolute atomic E-state index is 12.7. The van der Waals surface area contributed by atoms with Gasteiger partial charge in [0.2, 0.25) is 5.95 Å². The third kappa shape index (κ3) is 4.99. The number of carbonyl (C=O) groups excluding carboxylic acids is 2. The van der Waals surface area contributed by atoms with Crippen molar-refractivity contribution in [3.63, 3.8) is 0 Å². The smallest absolute Gasteiger partial charge is 0.273 e. The summed E-state index contributed by atoms with van der Waals surface area (Å²) in [6, 6.07) is 15.3. The summed E-state index contributed by atoms with van der Waals surface area (Å²) in [5.41, 5.74) is 8.79. The molecule has 2 aromatic heterocycles. The first-order chi connectivity index (χ1) is 16.4. The Balaban J connectivity index is 1.48. The van der Waals surface area contributed by atoms with Crippen molar-refractivity contribution in [3.8, 4) is 17.0 Å². The maximum atomic E-state index is 12.7. The molecular weight excluding hydrogens is 432 g/mol. The summed E-state index contributed by atoms with van der Waals surface area (Å²) in [5.74, 6) is -0.933. The van der Waals surface area contributed by atoms with E-state index in [0.717, 1.165) is 11.1 Å². The predicted molar refractivity (Wildman–Crippen MR) is 128 cm³/mol. The van der Waals surface area contributed by atoms with E-state index in [0.29, 0.717) is 28.5 Å². The first kappa shape index (κ1) is 22.4. The van der Waals surface area contributed by atoms with Crippen molar-refractivity contribution in [2.24, 2.45) is 0 Å². The van der Waals surface area contributed by atoms with E-state index in [-0.39, 0.29) is 11.3 Å². The number of nitrogens with zero attached hydrogens (tertiary/aromatic N) is 3. The Hall–Kier alpha value is -4.79. The number of phenols is 1. The molecule has 0 radical (unpaired) electrons. The molecule has 9 nitrogen and oxygen atoms in total. The second-order valence-corrected chi connectivity index (χ2v) is 7.54. The van der Waals surface area contributed by atoms with Gasteiger partial charge in [0.1, 0.15) is 5.75 Å². The molecular formula is C25H22N6O3. The number of pyridine rings is 1. The lowest BCUT2D eigenvalue weighted by atomic mass is 10.1. The number of aryl methyl sites for hydroxylation is 2. The second kappa shape index (κ2) is 9.78. The minimum absolute atomic E-state index is 0.0970. The summed E-state index contributed by atoms with van der Waals surface area (Å²) in [4.78, 5) is 38.0. The third-order valence-electron chi connectivity index (χ3n) is 5.13. The first-order valence-electron chi connectivity index (χ1n) is 10.4. The molecule has 4 aromatic rings. The van der Waals surface area contributed by atoms with Gasteiger partial charge in [-0.2, -0.15) is 0 Å². The fraction of sp³-hybridized carbons (Fsp3) is 0.0800. The minimum Gasteiger partial charge on any atom is -0.507 e. The standard InChI is InChI=1S/C25H22N6O3/c1-15-8-9-17(23(33)30-31-24(34)22-16(2)5-3-7-21(22)32)13-20(15)29-25-27-12-10-19(28-25)18-6-4-11-26-14-18/h3-14,32H,1-2H3,(H,30,33)(H,31,34)(H,27,28,29). The Morgan fingerprint density at radius 1 is 0.882 bits per heavy atom. The molecule has 2 heterocycles. The highest BCUT2D eigenvalue weighted by molar-refractivity contribution is 6.01. The molecule has 9 heteroatoms. The largest absolute Gasteiger partial charge is 0.507 e. The van der Waals surface area contributed by atoms with Crippen LogP contribution in [0.5, 0.6) is 5.75 Å². The fourth-order valence-electron chi connectivity index (χ4n) is 3.31. The molecule has 0 aliphatic carbocycles. The van der Waals surface area contributed by atoms with Crippen molar-refractivity contribution in [2.75, 3.05) is 5.32 Å². The molecule has 2 amide bonds. The Morgan fingerprint density at radius 2 is 1.71 bits per heavy atom. The van der Waals surface area contributed by atoms with Crippen LogP contribution < -0.4 is 16.2 Å². The molecule has 2 aromatic carbocycles. The SMILES string of the molecule is Cc1ccc(C(=O)NNC(=O)c2c(C)cccc2O)cc1Nc1nccc(-c2cccnc2)n1. The lowest BCUT2D eigenvalue weighted by Gasteiger charge is -2.13. The molecule has 170 valence electrons. The van der Waals surface area contributed by atoms with E-state index in [9.17, 15) is 14.7 Å². The van der Waals surface area contributed by atoms with Crippen molar-refractivity contribution < 1.29 is 14.7 Å². The number of aromatic nitrogens is 3. The Labute approximate surface area is 195 Å². The second-order valence-electron chi connectivity index (χ2n) is 7.54. The van der Waals surface area contributed by atoms with Crippen molar-refractivity contribution in [1.29, 1.82) is 0 Å². The summed E-state index contributed by atoms with van der Waals surface area (Å²) < 4.78 is 0. The Kier molecular flexibility index (Phi) is 6.45. The lowest BCUT2D eigenvalue weighted by Crippen LogP contribution is -2.41. The van der Waals surface area contributed by atoms with Gasteiger partial charge in [-0.15, -0.1) is 0 Å². The highest BCUT2D eigenvalue weighted by atomic mass is 16.3. The van der Waals surface area contributed by atoms with Crippen molar-refractivity contribution in [2.45, 2.75) is 13.8 Å². The van der Waals surface area contributed by atoms with Gasteiger partial charge in [0.05, 0.1) is 11.3 Å². The molecule has 0 spiro atoms. The number of nitrogens with one attached hydrogen (secondary N) is 3. The number of hydrogen-bond acceptors (Lipinski definition) is 7. The number of hydrogen-bond donors (Lipinski definition) is 4. The van der Waals surface area contributed by atoms with Crippen LogP contribution in [0, 0.1) is 13.8 Å². The minimum atomic E-state index is -0.616. The number of aromatic hydroxyl groups is 1. The van der Waals surface area contributed by atoms with Crippen LogP contribution >= 0.6 is 0 Å². The van der Waals surface area contributed by atoms with Crippen molar-refractivity contribution in [1.82, 2.24) is 25.8 Å². The van der Waals surface area contributed by atoms with Gasteiger partial charge in [-0.05, 0) is 61.4 Å². The monoisotopic (exact) mass is 454 g/mol. The number of benzene rings is 2. The van der Waals surface area contributed by atoms with Crippen LogP contribution in [0.3, 0.4) is 0 Å². The molecule has 34 heavy (non-hydrogen) atoms. The molecule has 0 saturated heterocycles. The van der Waals surface area contributed by atoms with Gasteiger partial charge in [-0.1, -0.05) is 18.2 Å². The van der Waals surface area contributed by atoms with Crippen LogP contribution in [0.1, 0.15) is 31.8 Å². The van der Waals surface area contributed by atoms with E-state index in [2.05, 4.69) is 31.1 Å². The first-order valence-corrected chi connectivity index (χ1v) is 10.4. The van der Waals surface area contributed by atoms with Crippen molar-refractivity contribution in [3.05, 3.63) is 95.4 Å². The zero-order valence-electron chi connectivity index (χ0n) is 18.5. The number of phenolic OH excluding ortho intramolecular Hbond substituents is 1. The average Bonchev–Trinajstić information content (AvgIpc) is 2.84. The highest BCUT2D eigenvalue weighted by Gasteiger charge is 2.16. The number of carbonyl (C=O) groups is 2. The highest BCUT2D eigenvalue weighted by Crippen LogP contribution is 2.23. The zero-order valence-corrected chi connectivity index (χ0v) is 18.5. The quantitative estimate of drug-likeness (QED) is 0.339. The van der Waals surface area contributed by atoms with Gasteiger partial charge < -0.3 is 10.4 Å². The molecule has 0 aliphatic rings. The van der Waals surface area contributed by atoms with E-state index < -0.39 is 11.8 Å². The van der Waals surface area contributed by atoms with E-state index in [1.54, 1.807) is 61.9 Å². The van der Waals surface area contributed by atoms with Crippen LogP contribution in [0.4, 0.5) is 11.6 Å². The van der Waals surface area contributed by atoms with Gasteiger partial charge in [-0.3, -0.25) is 25.4 Å². The molecule has 0 saturated carbocycles. The third-order valence-corrected chi connectivity index (χ3v) is 5.13. The summed E-state index contributed by atoms with van der Waals surface area (Å²) in [7, 11) is 0. The fourth-order valence-corrected chi connectivity index (χ4v) is 3.31. The molecule has 0 fully saturated rings. The van der Waals surface area contributed by atoms with Gasteiger partial charge in [0, 0.05) is 35.4 Å². The van der Waals surface area contributed by atoms with Crippen LogP contribution in [0.15, 0.2) is 73.2 Å². The average molecular weight is 454 g/mol. The summed E-state index contributed by atoms with van der Waals surface area (Å²) >= 11 is 0. The van der Waals surface area contributed by atoms with Gasteiger partial charge in [0.25, 0.3) is 11.8 Å². The molecule has 0 bridgehead atoms. The van der Waals surface area contributed by atoms with Crippen LogP contribution in [-0.2, 0) is 0 Å². The summed E-state index contributed by atoms with van der Waals surface area (Å²) in [6.07, 6.45) is 5.04. The number of anilines is 2. The summed E-state index contributed by atoms with van der Waals surface area (Å²) in [6.45, 7) is 3.58. The van der Waals surface area contributed by atoms with E-state index in [1.807, 2.05) is 19.1 Å². The van der Waals surface area contributed by atoms with E-state index in [1.165, 1.54) is 6.07 Å². The molecule has 0 unspecified atom stereocenters. The number of amides is 2. The van der Waals surface area contributed by atoms with Gasteiger partial charge >= 0.3 is 0 Å². The molecule has 0 atom stereocenters. The molecule has 4 N–H and O–H groups in total. The zero-order chi connectivity index (χ0) is 24.1. The molecule has 0 aliphatic heterocycles. The Bertz CT molecular complexity index is 1340. The normalized spacial score (nSPS) is 10.4. The molecule has 4 rings (SSSR count). The topological polar surface area (TPSA) is 129 Å². The number of rotatable bonds is 5. The predicted octanol–water partition coefficient (Wildman–Crippen LogP) is 3.68.